The van der Waals surface area contributed by atoms with E-state index in [1.807, 2.05) is 18.4 Å². The first-order valence-corrected chi connectivity index (χ1v) is 4.01. The molecule has 0 radical (unpaired) electrons. The van der Waals surface area contributed by atoms with Crippen LogP contribution in [0.15, 0.2) is 6.33 Å². The lowest BCUT2D eigenvalue weighted by atomic mass is 10.3. The van der Waals surface area contributed by atoms with Crippen LogP contribution in [-0.2, 0) is 6.54 Å². The zero-order chi connectivity index (χ0) is 9.14. The normalized spacial score (nSPS) is 13.3. The van der Waals surface area contributed by atoms with E-state index in [1.165, 1.54) is 0 Å². The van der Waals surface area contributed by atoms with E-state index in [-0.39, 0.29) is 6.54 Å². The molecule has 0 spiro atoms. The molecular formula is C8H15N3O. The molecule has 0 aliphatic rings. The Morgan fingerprint density at radius 3 is 2.75 bits per heavy atom. The first-order valence-electron chi connectivity index (χ1n) is 4.01. The maximum Gasteiger partial charge on any atom is 0.0952 e. The van der Waals surface area contributed by atoms with Crippen LogP contribution in [0.4, 0.5) is 0 Å². The topological polar surface area (TPSA) is 64.1 Å². The van der Waals surface area contributed by atoms with Crippen LogP contribution in [0.5, 0.6) is 0 Å². The molecule has 4 nitrogen and oxygen atoms in total. The summed E-state index contributed by atoms with van der Waals surface area (Å²) in [6, 6.07) is 0. The Bertz CT molecular complexity index is 257. The van der Waals surface area contributed by atoms with E-state index in [2.05, 4.69) is 4.98 Å². The van der Waals surface area contributed by atoms with Gasteiger partial charge in [-0.25, -0.2) is 4.98 Å². The summed E-state index contributed by atoms with van der Waals surface area (Å²) in [5.74, 6) is 0. The first-order chi connectivity index (χ1) is 5.65. The second-order valence-electron chi connectivity index (χ2n) is 2.96. The SMILES string of the molecule is Cc1ncn(C[C@H](O)CN)c1C. The highest BCUT2D eigenvalue weighted by molar-refractivity contribution is 5.08. The van der Waals surface area contributed by atoms with Gasteiger partial charge in [0.05, 0.1) is 24.7 Å². The number of aryl methyl sites for hydroxylation is 1. The van der Waals surface area contributed by atoms with Gasteiger partial charge in [0.2, 0.25) is 0 Å². The first kappa shape index (κ1) is 9.22. The maximum absolute atomic E-state index is 9.27. The summed E-state index contributed by atoms with van der Waals surface area (Å²) in [4.78, 5) is 4.11. The van der Waals surface area contributed by atoms with Gasteiger partial charge in [0.15, 0.2) is 0 Å². The summed E-state index contributed by atoms with van der Waals surface area (Å²) in [6.45, 7) is 4.74. The second kappa shape index (κ2) is 3.69. The molecule has 1 aromatic heterocycles. The van der Waals surface area contributed by atoms with Crippen LogP contribution in [0.3, 0.4) is 0 Å². The van der Waals surface area contributed by atoms with Crippen molar-refractivity contribution < 1.29 is 5.11 Å². The molecule has 3 N–H and O–H groups in total. The Kier molecular flexibility index (Phi) is 2.83. The molecular weight excluding hydrogens is 154 g/mol. The second-order valence-corrected chi connectivity index (χ2v) is 2.96. The average Bonchev–Trinajstić information content (AvgIpc) is 2.36. The number of hydrogen-bond donors (Lipinski definition) is 2. The largest absolute Gasteiger partial charge is 0.390 e. The predicted molar refractivity (Wildman–Crippen MR) is 46.8 cm³/mol. The summed E-state index contributed by atoms with van der Waals surface area (Å²) in [6.07, 6.45) is 1.25. The van der Waals surface area contributed by atoms with Crippen molar-refractivity contribution in [2.45, 2.75) is 26.5 Å². The predicted octanol–water partition coefficient (Wildman–Crippen LogP) is -0.180. The van der Waals surface area contributed by atoms with Crippen molar-refractivity contribution in [3.63, 3.8) is 0 Å². The van der Waals surface area contributed by atoms with Crippen molar-refractivity contribution in [2.24, 2.45) is 5.73 Å². The van der Waals surface area contributed by atoms with E-state index in [0.29, 0.717) is 6.54 Å². The third kappa shape index (κ3) is 1.84. The van der Waals surface area contributed by atoms with Crippen molar-refractivity contribution in [3.8, 4) is 0 Å². The van der Waals surface area contributed by atoms with Gasteiger partial charge in [0.1, 0.15) is 0 Å². The molecule has 1 atom stereocenters. The molecule has 0 aromatic carbocycles. The van der Waals surface area contributed by atoms with Crippen molar-refractivity contribution in [1.29, 1.82) is 0 Å². The lowest BCUT2D eigenvalue weighted by molar-refractivity contribution is 0.161. The number of aliphatic hydroxyl groups is 1. The number of nitrogens with zero attached hydrogens (tertiary/aromatic N) is 2. The van der Waals surface area contributed by atoms with Gasteiger partial charge < -0.3 is 15.4 Å². The van der Waals surface area contributed by atoms with E-state index in [4.69, 9.17) is 5.73 Å². The van der Waals surface area contributed by atoms with Crippen LogP contribution < -0.4 is 5.73 Å². The summed E-state index contributed by atoms with van der Waals surface area (Å²) in [5.41, 5.74) is 7.38. The lowest BCUT2D eigenvalue weighted by Crippen LogP contribution is -2.25. The third-order valence-electron chi connectivity index (χ3n) is 2.02. The standard InChI is InChI=1S/C8H15N3O/c1-6-7(2)11(5-10-6)4-8(12)3-9/h5,8,12H,3-4,9H2,1-2H3/t8-/m1/s1. The van der Waals surface area contributed by atoms with Crippen LogP contribution in [0.1, 0.15) is 11.4 Å². The fourth-order valence-corrected chi connectivity index (χ4v) is 1.03. The summed E-state index contributed by atoms with van der Waals surface area (Å²) in [7, 11) is 0. The number of rotatable bonds is 3. The molecule has 0 unspecified atom stereocenters. The summed E-state index contributed by atoms with van der Waals surface area (Å²) >= 11 is 0. The van der Waals surface area contributed by atoms with E-state index in [1.54, 1.807) is 6.33 Å². The molecule has 0 saturated heterocycles. The Hall–Kier alpha value is -0.870. The molecule has 1 aromatic rings. The highest BCUT2D eigenvalue weighted by Gasteiger charge is 2.06. The minimum absolute atomic E-state index is 0.288. The molecule has 4 heteroatoms. The average molecular weight is 169 g/mol. The molecule has 12 heavy (non-hydrogen) atoms. The Balaban J connectivity index is 2.69. The Labute approximate surface area is 72.0 Å². The highest BCUT2D eigenvalue weighted by atomic mass is 16.3. The molecule has 0 amide bonds. The van der Waals surface area contributed by atoms with E-state index >= 15 is 0 Å². The number of imidazole rings is 1. The van der Waals surface area contributed by atoms with Crippen LogP contribution in [0, 0.1) is 13.8 Å². The smallest absolute Gasteiger partial charge is 0.0952 e. The minimum atomic E-state index is -0.475. The van der Waals surface area contributed by atoms with Gasteiger partial charge in [-0.15, -0.1) is 0 Å². The molecule has 0 saturated carbocycles. The summed E-state index contributed by atoms with van der Waals surface area (Å²) < 4.78 is 1.91. The fraction of sp³-hybridized carbons (Fsp3) is 0.625. The van der Waals surface area contributed by atoms with Crippen molar-refractivity contribution in [1.82, 2.24) is 9.55 Å². The highest BCUT2D eigenvalue weighted by Crippen LogP contribution is 2.04. The maximum atomic E-state index is 9.27. The molecule has 0 aliphatic carbocycles. The van der Waals surface area contributed by atoms with Crippen LogP contribution in [-0.4, -0.2) is 27.3 Å². The van der Waals surface area contributed by atoms with E-state index in [9.17, 15) is 5.11 Å². The van der Waals surface area contributed by atoms with Crippen molar-refractivity contribution in [2.75, 3.05) is 6.54 Å². The minimum Gasteiger partial charge on any atom is -0.390 e. The van der Waals surface area contributed by atoms with Gasteiger partial charge in [-0.3, -0.25) is 0 Å². The number of nitrogens with two attached hydrogens (primary N) is 1. The monoisotopic (exact) mass is 169 g/mol. The van der Waals surface area contributed by atoms with Gasteiger partial charge in [0, 0.05) is 12.2 Å². The van der Waals surface area contributed by atoms with Gasteiger partial charge in [-0.2, -0.15) is 0 Å². The number of hydrogen-bond acceptors (Lipinski definition) is 3. The van der Waals surface area contributed by atoms with Crippen molar-refractivity contribution in [3.05, 3.63) is 17.7 Å². The quantitative estimate of drug-likeness (QED) is 0.659. The lowest BCUT2D eigenvalue weighted by Gasteiger charge is -2.09. The van der Waals surface area contributed by atoms with Crippen LogP contribution in [0.2, 0.25) is 0 Å². The van der Waals surface area contributed by atoms with E-state index < -0.39 is 6.10 Å². The summed E-state index contributed by atoms with van der Waals surface area (Å²) in [5, 5.41) is 9.27. The Morgan fingerprint density at radius 1 is 1.67 bits per heavy atom. The molecule has 1 rings (SSSR count). The van der Waals surface area contributed by atoms with Crippen LogP contribution >= 0.6 is 0 Å². The molecule has 0 fully saturated rings. The molecule has 1 heterocycles. The fourth-order valence-electron chi connectivity index (χ4n) is 1.03. The zero-order valence-corrected chi connectivity index (χ0v) is 7.49. The third-order valence-corrected chi connectivity index (χ3v) is 2.02. The molecule has 0 bridgehead atoms. The number of aromatic nitrogens is 2. The zero-order valence-electron chi connectivity index (χ0n) is 7.49. The van der Waals surface area contributed by atoms with Gasteiger partial charge in [-0.1, -0.05) is 0 Å². The molecule has 0 aliphatic heterocycles. The molecule has 68 valence electrons. The van der Waals surface area contributed by atoms with Crippen LogP contribution in [0.25, 0.3) is 0 Å². The Morgan fingerprint density at radius 2 is 2.33 bits per heavy atom. The van der Waals surface area contributed by atoms with Crippen molar-refractivity contribution >= 4 is 0 Å². The van der Waals surface area contributed by atoms with Gasteiger partial charge in [-0.05, 0) is 13.8 Å². The van der Waals surface area contributed by atoms with E-state index in [0.717, 1.165) is 11.4 Å². The number of aliphatic hydroxyl groups excluding tert-OH is 1. The van der Waals surface area contributed by atoms with Gasteiger partial charge >= 0.3 is 0 Å². The van der Waals surface area contributed by atoms with Gasteiger partial charge in [0.25, 0.3) is 0 Å².